The molecule has 0 bridgehead atoms. The number of unbranched alkanes of at least 4 members (excludes halogenated alkanes) is 2. The average molecular weight is 432 g/mol. The SMILES string of the molecule is CCCCCN(Cc1ccc(F)cc1)C(=O)CCN=C1NS(=O)(=O)c2ccccc21. The summed E-state index contributed by atoms with van der Waals surface area (Å²) < 4.78 is 39.9. The van der Waals surface area contributed by atoms with Crippen molar-refractivity contribution in [1.82, 2.24) is 9.62 Å². The number of amides is 1. The zero-order chi connectivity index (χ0) is 21.6. The second-order valence-electron chi connectivity index (χ2n) is 7.23. The predicted molar refractivity (Wildman–Crippen MR) is 114 cm³/mol. The Morgan fingerprint density at radius 3 is 2.57 bits per heavy atom. The molecule has 2 aromatic carbocycles. The first kappa shape index (κ1) is 22.0. The van der Waals surface area contributed by atoms with Crippen LogP contribution in [0.3, 0.4) is 0 Å². The van der Waals surface area contributed by atoms with E-state index in [0.717, 1.165) is 24.8 Å². The Morgan fingerprint density at radius 2 is 1.83 bits per heavy atom. The lowest BCUT2D eigenvalue weighted by Crippen LogP contribution is -2.32. The zero-order valence-electron chi connectivity index (χ0n) is 17.0. The summed E-state index contributed by atoms with van der Waals surface area (Å²) >= 11 is 0. The van der Waals surface area contributed by atoms with Crippen LogP contribution in [0.1, 0.15) is 43.7 Å². The van der Waals surface area contributed by atoms with Gasteiger partial charge in [-0.2, -0.15) is 0 Å². The van der Waals surface area contributed by atoms with E-state index in [1.54, 1.807) is 35.2 Å². The van der Waals surface area contributed by atoms with E-state index in [-0.39, 0.29) is 35.4 Å². The van der Waals surface area contributed by atoms with Crippen molar-refractivity contribution in [1.29, 1.82) is 0 Å². The summed E-state index contributed by atoms with van der Waals surface area (Å²) in [6.45, 7) is 3.31. The molecule has 1 amide bonds. The minimum atomic E-state index is -3.59. The molecule has 0 unspecified atom stereocenters. The molecule has 3 rings (SSSR count). The molecule has 1 N–H and O–H groups in total. The van der Waals surface area contributed by atoms with Crippen molar-refractivity contribution in [2.45, 2.75) is 44.0 Å². The number of fused-ring (bicyclic) bond motifs is 1. The van der Waals surface area contributed by atoms with Gasteiger partial charge >= 0.3 is 0 Å². The predicted octanol–water partition coefficient (Wildman–Crippen LogP) is 3.47. The molecule has 0 fully saturated rings. The second-order valence-corrected chi connectivity index (χ2v) is 8.88. The van der Waals surface area contributed by atoms with E-state index in [2.05, 4.69) is 16.6 Å². The van der Waals surface area contributed by atoms with E-state index in [1.807, 2.05) is 0 Å². The van der Waals surface area contributed by atoms with Gasteiger partial charge in [-0.3, -0.25) is 14.5 Å². The van der Waals surface area contributed by atoms with Crippen LogP contribution in [0.25, 0.3) is 0 Å². The lowest BCUT2D eigenvalue weighted by atomic mass is 10.1. The van der Waals surface area contributed by atoms with Crippen molar-refractivity contribution in [2.75, 3.05) is 13.1 Å². The second kappa shape index (κ2) is 9.84. The number of nitrogens with one attached hydrogen (secondary N) is 1. The van der Waals surface area contributed by atoms with Gasteiger partial charge in [0.25, 0.3) is 10.0 Å². The lowest BCUT2D eigenvalue weighted by molar-refractivity contribution is -0.131. The highest BCUT2D eigenvalue weighted by Crippen LogP contribution is 2.22. The summed E-state index contributed by atoms with van der Waals surface area (Å²) in [7, 11) is -3.59. The Labute approximate surface area is 176 Å². The molecule has 0 saturated carbocycles. The van der Waals surface area contributed by atoms with E-state index < -0.39 is 10.0 Å². The van der Waals surface area contributed by atoms with Gasteiger partial charge in [-0.25, -0.2) is 12.8 Å². The zero-order valence-corrected chi connectivity index (χ0v) is 17.8. The van der Waals surface area contributed by atoms with Crippen LogP contribution in [0.4, 0.5) is 4.39 Å². The van der Waals surface area contributed by atoms with Crippen LogP contribution in [0, 0.1) is 5.82 Å². The monoisotopic (exact) mass is 431 g/mol. The van der Waals surface area contributed by atoms with Gasteiger partial charge in [-0.15, -0.1) is 0 Å². The molecule has 0 atom stereocenters. The van der Waals surface area contributed by atoms with Crippen molar-refractivity contribution >= 4 is 21.8 Å². The average Bonchev–Trinajstić information content (AvgIpc) is 2.99. The largest absolute Gasteiger partial charge is 0.338 e. The first-order valence-electron chi connectivity index (χ1n) is 10.1. The molecule has 6 nitrogen and oxygen atoms in total. The summed E-state index contributed by atoms with van der Waals surface area (Å²) in [6, 6.07) is 12.8. The van der Waals surface area contributed by atoms with Crippen LogP contribution >= 0.6 is 0 Å². The highest BCUT2D eigenvalue weighted by Gasteiger charge is 2.30. The third kappa shape index (κ3) is 5.44. The fourth-order valence-corrected chi connectivity index (χ4v) is 4.58. The van der Waals surface area contributed by atoms with E-state index in [1.165, 1.54) is 18.2 Å². The van der Waals surface area contributed by atoms with Gasteiger partial charge in [0.05, 0.1) is 11.4 Å². The smallest absolute Gasteiger partial charge is 0.263 e. The number of aliphatic imine (C=N–C) groups is 1. The van der Waals surface area contributed by atoms with Crippen molar-refractivity contribution in [3.63, 3.8) is 0 Å². The van der Waals surface area contributed by atoms with Gasteiger partial charge in [0.2, 0.25) is 5.91 Å². The number of halogens is 1. The summed E-state index contributed by atoms with van der Waals surface area (Å²) in [6.07, 6.45) is 3.13. The maximum Gasteiger partial charge on any atom is 0.263 e. The first-order chi connectivity index (χ1) is 14.4. The number of nitrogens with zero attached hydrogens (tertiary/aromatic N) is 2. The van der Waals surface area contributed by atoms with Gasteiger partial charge in [0.1, 0.15) is 11.7 Å². The van der Waals surface area contributed by atoms with Crippen molar-refractivity contribution in [3.05, 3.63) is 65.5 Å². The maximum absolute atomic E-state index is 13.2. The fraction of sp³-hybridized carbons (Fsp3) is 0.364. The molecule has 1 aliphatic rings. The van der Waals surface area contributed by atoms with Crippen molar-refractivity contribution < 1.29 is 17.6 Å². The van der Waals surface area contributed by atoms with Gasteiger partial charge in [-0.1, -0.05) is 44.0 Å². The van der Waals surface area contributed by atoms with Crippen LogP contribution in [-0.2, 0) is 21.4 Å². The standard InChI is InChI=1S/C22H26FN3O3S/c1-2-3-6-15-26(16-17-9-11-18(23)12-10-17)21(27)13-14-24-22-19-7-4-5-8-20(19)30(28,29)25-22/h4-5,7-12H,2-3,6,13-16H2,1H3,(H,24,25). The molecule has 8 heteroatoms. The van der Waals surface area contributed by atoms with Crippen molar-refractivity contribution in [2.24, 2.45) is 4.99 Å². The van der Waals surface area contributed by atoms with Crippen LogP contribution < -0.4 is 4.72 Å². The third-order valence-corrected chi connectivity index (χ3v) is 6.33. The van der Waals surface area contributed by atoms with E-state index in [9.17, 15) is 17.6 Å². The summed E-state index contributed by atoms with van der Waals surface area (Å²) in [5.41, 5.74) is 1.39. The number of rotatable bonds is 9. The first-order valence-corrected chi connectivity index (χ1v) is 11.6. The minimum absolute atomic E-state index is 0.0612. The van der Waals surface area contributed by atoms with Crippen molar-refractivity contribution in [3.8, 4) is 0 Å². The highest BCUT2D eigenvalue weighted by atomic mass is 32.2. The molecule has 0 aliphatic carbocycles. The molecule has 2 aromatic rings. The van der Waals surface area contributed by atoms with Gasteiger partial charge < -0.3 is 4.90 Å². The third-order valence-electron chi connectivity index (χ3n) is 4.93. The molecule has 0 saturated heterocycles. The summed E-state index contributed by atoms with van der Waals surface area (Å²) in [4.78, 5) is 19.1. The molecular weight excluding hydrogens is 405 g/mol. The molecular formula is C22H26FN3O3S. The van der Waals surface area contributed by atoms with Crippen LogP contribution in [-0.4, -0.2) is 38.2 Å². The Balaban J connectivity index is 1.65. The number of sulfonamides is 1. The molecule has 0 spiro atoms. The van der Waals surface area contributed by atoms with Crippen LogP contribution in [0.15, 0.2) is 58.4 Å². The summed E-state index contributed by atoms with van der Waals surface area (Å²) in [5.74, 6) is -0.0962. The topological polar surface area (TPSA) is 78.8 Å². The van der Waals surface area contributed by atoms with Gasteiger partial charge in [0, 0.05) is 25.1 Å². The number of hydrogen-bond acceptors (Lipinski definition) is 4. The Morgan fingerprint density at radius 1 is 1.10 bits per heavy atom. The fourth-order valence-electron chi connectivity index (χ4n) is 3.33. The molecule has 0 radical (unpaired) electrons. The summed E-state index contributed by atoms with van der Waals surface area (Å²) in [5, 5.41) is 0. The van der Waals surface area contributed by atoms with Gasteiger partial charge in [-0.05, 0) is 36.2 Å². The Kier molecular flexibility index (Phi) is 7.20. The van der Waals surface area contributed by atoms with E-state index >= 15 is 0 Å². The molecule has 160 valence electrons. The Bertz CT molecular complexity index is 1020. The lowest BCUT2D eigenvalue weighted by Gasteiger charge is -2.23. The molecule has 30 heavy (non-hydrogen) atoms. The number of benzene rings is 2. The van der Waals surface area contributed by atoms with Gasteiger partial charge in [0.15, 0.2) is 0 Å². The molecule has 0 aromatic heterocycles. The minimum Gasteiger partial charge on any atom is -0.338 e. The Hall–Kier alpha value is -2.74. The van der Waals surface area contributed by atoms with Crippen LogP contribution in [0.5, 0.6) is 0 Å². The number of carbonyl (C=O) groups is 1. The van der Waals surface area contributed by atoms with Crippen LogP contribution in [0.2, 0.25) is 0 Å². The quantitative estimate of drug-likeness (QED) is 0.618. The normalized spacial score (nSPS) is 15.6. The van der Waals surface area contributed by atoms with E-state index in [0.29, 0.717) is 18.7 Å². The maximum atomic E-state index is 13.2. The number of hydrogen-bond donors (Lipinski definition) is 1. The number of carbonyl (C=O) groups excluding carboxylic acids is 1. The van der Waals surface area contributed by atoms with E-state index in [4.69, 9.17) is 0 Å². The highest BCUT2D eigenvalue weighted by molar-refractivity contribution is 7.90. The molecule has 1 aliphatic heterocycles. The number of amidine groups is 1. The molecule has 1 heterocycles.